The third-order valence-corrected chi connectivity index (χ3v) is 2.28. The van der Waals surface area contributed by atoms with Gasteiger partial charge in [-0.15, -0.1) is 0 Å². The second-order valence-corrected chi connectivity index (χ2v) is 4.26. The van der Waals surface area contributed by atoms with Gasteiger partial charge in [-0.2, -0.15) is 12.6 Å². The lowest BCUT2D eigenvalue weighted by atomic mass is 10.1. The maximum atomic E-state index is 11.5. The second-order valence-electron chi connectivity index (χ2n) is 3.48. The molecule has 0 N–H and O–H groups in total. The van der Waals surface area contributed by atoms with E-state index in [1.807, 2.05) is 43.3 Å². The molecule has 1 aromatic carbocycles. The fourth-order valence-corrected chi connectivity index (χ4v) is 1.31. The molecule has 1 rings (SSSR count). The SMILES string of the molecule is CC(S)C(=O)c1ccc(N(C)C)cc1. The number of hydrogen-bond donors (Lipinski definition) is 1. The molecule has 14 heavy (non-hydrogen) atoms. The van der Waals surface area contributed by atoms with Gasteiger partial charge in [-0.1, -0.05) is 0 Å². The lowest BCUT2D eigenvalue weighted by molar-refractivity contribution is 0.0994. The van der Waals surface area contributed by atoms with Crippen LogP contribution in [0.5, 0.6) is 0 Å². The first-order valence-corrected chi connectivity index (χ1v) is 5.03. The fourth-order valence-electron chi connectivity index (χ4n) is 1.17. The lowest BCUT2D eigenvalue weighted by Crippen LogP contribution is -2.12. The third-order valence-electron chi connectivity index (χ3n) is 2.05. The van der Waals surface area contributed by atoms with Gasteiger partial charge in [-0.3, -0.25) is 4.79 Å². The number of carbonyl (C=O) groups is 1. The summed E-state index contributed by atoms with van der Waals surface area (Å²) in [5.41, 5.74) is 1.81. The standard InChI is InChI=1S/C11H15NOS/c1-8(14)11(13)9-4-6-10(7-5-9)12(2)3/h4-8,14H,1-3H3. The van der Waals surface area contributed by atoms with Crippen molar-refractivity contribution in [3.05, 3.63) is 29.8 Å². The minimum Gasteiger partial charge on any atom is -0.378 e. The van der Waals surface area contributed by atoms with Gasteiger partial charge in [0.25, 0.3) is 0 Å². The number of hydrogen-bond acceptors (Lipinski definition) is 3. The average molecular weight is 209 g/mol. The highest BCUT2D eigenvalue weighted by Crippen LogP contribution is 2.14. The topological polar surface area (TPSA) is 20.3 Å². The van der Waals surface area contributed by atoms with Crippen molar-refractivity contribution in [2.75, 3.05) is 19.0 Å². The largest absolute Gasteiger partial charge is 0.378 e. The predicted molar refractivity (Wildman–Crippen MR) is 63.5 cm³/mol. The molecule has 0 saturated carbocycles. The van der Waals surface area contributed by atoms with Crippen LogP contribution in [0.2, 0.25) is 0 Å². The molecule has 0 aliphatic rings. The van der Waals surface area contributed by atoms with E-state index in [0.717, 1.165) is 11.3 Å². The fraction of sp³-hybridized carbons (Fsp3) is 0.364. The molecule has 0 amide bonds. The number of carbonyl (C=O) groups excluding carboxylic acids is 1. The van der Waals surface area contributed by atoms with Crippen molar-refractivity contribution >= 4 is 24.1 Å². The van der Waals surface area contributed by atoms with Crippen LogP contribution < -0.4 is 4.90 Å². The Hall–Kier alpha value is -0.960. The van der Waals surface area contributed by atoms with Gasteiger partial charge in [0.2, 0.25) is 0 Å². The molecule has 0 heterocycles. The molecule has 0 radical (unpaired) electrons. The number of anilines is 1. The molecule has 1 aromatic rings. The molecule has 3 heteroatoms. The highest BCUT2D eigenvalue weighted by atomic mass is 32.1. The molecule has 2 nitrogen and oxygen atoms in total. The van der Waals surface area contributed by atoms with Crippen LogP contribution in [0.1, 0.15) is 17.3 Å². The van der Waals surface area contributed by atoms with Gasteiger partial charge in [0.05, 0.1) is 5.25 Å². The summed E-state index contributed by atoms with van der Waals surface area (Å²) in [6, 6.07) is 7.54. The Morgan fingerprint density at radius 1 is 1.29 bits per heavy atom. The van der Waals surface area contributed by atoms with E-state index < -0.39 is 0 Å². The zero-order valence-electron chi connectivity index (χ0n) is 8.69. The summed E-state index contributed by atoms with van der Waals surface area (Å²) in [6.07, 6.45) is 0. The number of ketones is 1. The van der Waals surface area contributed by atoms with Crippen molar-refractivity contribution in [2.24, 2.45) is 0 Å². The van der Waals surface area contributed by atoms with Crippen molar-refractivity contribution in [2.45, 2.75) is 12.2 Å². The Bertz CT molecular complexity index is 317. The summed E-state index contributed by atoms with van der Waals surface area (Å²) in [4.78, 5) is 13.5. The van der Waals surface area contributed by atoms with Crippen LogP contribution in [0.15, 0.2) is 24.3 Å². The van der Waals surface area contributed by atoms with E-state index in [9.17, 15) is 4.79 Å². The molecule has 0 aromatic heterocycles. The molecule has 0 spiro atoms. The van der Waals surface area contributed by atoms with Gasteiger partial charge >= 0.3 is 0 Å². The smallest absolute Gasteiger partial charge is 0.175 e. The first kappa shape index (κ1) is 11.1. The summed E-state index contributed by atoms with van der Waals surface area (Å²) >= 11 is 4.11. The Labute approximate surface area is 90.3 Å². The van der Waals surface area contributed by atoms with Gasteiger partial charge in [0, 0.05) is 25.3 Å². The number of nitrogens with zero attached hydrogens (tertiary/aromatic N) is 1. The maximum absolute atomic E-state index is 11.5. The highest BCUT2D eigenvalue weighted by molar-refractivity contribution is 7.81. The van der Waals surface area contributed by atoms with Crippen molar-refractivity contribution < 1.29 is 4.79 Å². The van der Waals surface area contributed by atoms with E-state index >= 15 is 0 Å². The Morgan fingerprint density at radius 3 is 2.14 bits per heavy atom. The number of thiol groups is 1. The van der Waals surface area contributed by atoms with Gasteiger partial charge in [0.15, 0.2) is 5.78 Å². The lowest BCUT2D eigenvalue weighted by Gasteiger charge is -2.12. The van der Waals surface area contributed by atoms with Crippen molar-refractivity contribution in [1.82, 2.24) is 0 Å². The van der Waals surface area contributed by atoms with E-state index in [1.165, 1.54) is 0 Å². The van der Waals surface area contributed by atoms with Crippen LogP contribution in [0.25, 0.3) is 0 Å². The molecule has 1 atom stereocenters. The molecule has 0 saturated heterocycles. The summed E-state index contributed by atoms with van der Waals surface area (Å²) in [7, 11) is 3.94. The van der Waals surface area contributed by atoms with E-state index in [4.69, 9.17) is 0 Å². The van der Waals surface area contributed by atoms with Crippen LogP contribution >= 0.6 is 12.6 Å². The quantitative estimate of drug-likeness (QED) is 0.608. The zero-order valence-corrected chi connectivity index (χ0v) is 9.58. The molecular formula is C11H15NOS. The van der Waals surface area contributed by atoms with Crippen LogP contribution in [0.4, 0.5) is 5.69 Å². The molecule has 0 aliphatic heterocycles. The van der Waals surface area contributed by atoms with Gasteiger partial charge in [-0.25, -0.2) is 0 Å². The van der Waals surface area contributed by atoms with Crippen LogP contribution in [-0.2, 0) is 0 Å². The summed E-state index contributed by atoms with van der Waals surface area (Å²) in [5.74, 6) is 0.0682. The number of Topliss-reactive ketones (excluding diaryl/α,β-unsaturated/α-hetero) is 1. The monoisotopic (exact) mass is 209 g/mol. The first-order valence-electron chi connectivity index (χ1n) is 4.52. The van der Waals surface area contributed by atoms with E-state index in [0.29, 0.717) is 0 Å². The van der Waals surface area contributed by atoms with Crippen LogP contribution in [0, 0.1) is 0 Å². The van der Waals surface area contributed by atoms with Crippen LogP contribution in [-0.4, -0.2) is 25.1 Å². The minimum atomic E-state index is -0.236. The van der Waals surface area contributed by atoms with Crippen molar-refractivity contribution in [3.63, 3.8) is 0 Å². The third kappa shape index (κ3) is 2.51. The van der Waals surface area contributed by atoms with Crippen molar-refractivity contribution in [3.8, 4) is 0 Å². The predicted octanol–water partition coefficient (Wildman–Crippen LogP) is 2.25. The van der Waals surface area contributed by atoms with Gasteiger partial charge in [-0.05, 0) is 31.2 Å². The first-order chi connectivity index (χ1) is 6.52. The minimum absolute atomic E-state index is 0.0682. The molecule has 0 aliphatic carbocycles. The normalized spacial score (nSPS) is 12.3. The Balaban J connectivity index is 2.89. The second kappa shape index (κ2) is 4.51. The van der Waals surface area contributed by atoms with E-state index in [1.54, 1.807) is 6.92 Å². The molecule has 76 valence electrons. The van der Waals surface area contributed by atoms with Crippen LogP contribution in [0.3, 0.4) is 0 Å². The number of benzene rings is 1. The number of rotatable bonds is 3. The Kier molecular flexibility index (Phi) is 3.58. The van der Waals surface area contributed by atoms with Crippen molar-refractivity contribution in [1.29, 1.82) is 0 Å². The molecule has 0 fully saturated rings. The Morgan fingerprint density at radius 2 is 1.79 bits per heavy atom. The maximum Gasteiger partial charge on any atom is 0.175 e. The zero-order chi connectivity index (χ0) is 10.7. The molecule has 1 unspecified atom stereocenters. The van der Waals surface area contributed by atoms with E-state index in [2.05, 4.69) is 12.6 Å². The van der Waals surface area contributed by atoms with Gasteiger partial charge < -0.3 is 4.90 Å². The summed E-state index contributed by atoms with van der Waals surface area (Å²) in [6.45, 7) is 1.78. The average Bonchev–Trinajstić information content (AvgIpc) is 2.16. The highest BCUT2D eigenvalue weighted by Gasteiger charge is 2.10. The van der Waals surface area contributed by atoms with E-state index in [-0.39, 0.29) is 11.0 Å². The molecule has 0 bridgehead atoms. The summed E-state index contributed by atoms with van der Waals surface area (Å²) < 4.78 is 0. The van der Waals surface area contributed by atoms with Gasteiger partial charge in [0.1, 0.15) is 0 Å². The summed E-state index contributed by atoms with van der Waals surface area (Å²) in [5, 5.41) is -0.236. The molecular weight excluding hydrogens is 194 g/mol.